The summed E-state index contributed by atoms with van der Waals surface area (Å²) in [5, 5.41) is 15.4. The quantitative estimate of drug-likeness (QED) is 0.595. The fourth-order valence-corrected chi connectivity index (χ4v) is 1.88. The van der Waals surface area contributed by atoms with Gasteiger partial charge < -0.3 is 20.5 Å². The minimum atomic E-state index is -0.626. The van der Waals surface area contributed by atoms with E-state index < -0.39 is 6.10 Å². The normalized spacial score (nSPS) is 21.4. The molecule has 94 valence electrons. The van der Waals surface area contributed by atoms with Crippen molar-refractivity contribution in [1.29, 1.82) is 0 Å². The number of rotatable bonds is 5. The van der Waals surface area contributed by atoms with Crippen molar-refractivity contribution in [3.8, 4) is 0 Å². The van der Waals surface area contributed by atoms with Crippen LogP contribution in [-0.4, -0.2) is 50.5 Å². The largest absolute Gasteiger partial charge is 0.389 e. The van der Waals surface area contributed by atoms with Crippen LogP contribution < -0.4 is 10.6 Å². The van der Waals surface area contributed by atoms with Gasteiger partial charge in [-0.1, -0.05) is 6.92 Å². The molecular formula is C11H22N2O3. The highest BCUT2D eigenvalue weighted by molar-refractivity contribution is 5.82. The van der Waals surface area contributed by atoms with Gasteiger partial charge in [-0.25, -0.2) is 0 Å². The van der Waals surface area contributed by atoms with Crippen LogP contribution in [0.25, 0.3) is 0 Å². The number of hydrogen-bond donors (Lipinski definition) is 3. The third-order valence-corrected chi connectivity index (χ3v) is 3.11. The van der Waals surface area contributed by atoms with Crippen LogP contribution in [0, 0.1) is 5.41 Å². The summed E-state index contributed by atoms with van der Waals surface area (Å²) in [6.45, 7) is 4.25. The molecule has 1 saturated heterocycles. The van der Waals surface area contributed by atoms with Crippen molar-refractivity contribution >= 4 is 5.91 Å². The van der Waals surface area contributed by atoms with Gasteiger partial charge in [-0.15, -0.1) is 0 Å². The summed E-state index contributed by atoms with van der Waals surface area (Å²) in [5.41, 5.74) is -0.294. The Balaban J connectivity index is 2.33. The highest BCUT2D eigenvalue weighted by Gasteiger charge is 2.34. The van der Waals surface area contributed by atoms with Crippen LogP contribution in [0.1, 0.15) is 19.8 Å². The Morgan fingerprint density at radius 1 is 1.56 bits per heavy atom. The third kappa shape index (κ3) is 3.73. The first-order valence-corrected chi connectivity index (χ1v) is 5.74. The summed E-state index contributed by atoms with van der Waals surface area (Å²) in [5.74, 6) is 0.0316. The molecule has 3 N–H and O–H groups in total. The first-order chi connectivity index (χ1) is 7.58. The molecule has 0 aromatic carbocycles. The van der Waals surface area contributed by atoms with Crippen molar-refractivity contribution in [2.45, 2.75) is 25.9 Å². The monoisotopic (exact) mass is 230 g/mol. The van der Waals surface area contributed by atoms with Crippen LogP contribution in [0.2, 0.25) is 0 Å². The molecule has 1 heterocycles. The molecule has 1 aliphatic rings. The standard InChI is InChI=1S/C11H22N2O3/c1-11(3-5-12-6-4-11)10(15)13-7-9(14)8-16-2/h9,12,14H,3-8H2,1-2H3,(H,13,15). The summed E-state index contributed by atoms with van der Waals surface area (Å²) >= 11 is 0. The molecule has 5 heteroatoms. The minimum absolute atomic E-state index is 0.0316. The van der Waals surface area contributed by atoms with E-state index in [4.69, 9.17) is 4.74 Å². The highest BCUT2D eigenvalue weighted by atomic mass is 16.5. The van der Waals surface area contributed by atoms with Gasteiger partial charge in [-0.2, -0.15) is 0 Å². The molecule has 0 radical (unpaired) electrons. The maximum absolute atomic E-state index is 11.9. The van der Waals surface area contributed by atoms with Crippen LogP contribution >= 0.6 is 0 Å². The van der Waals surface area contributed by atoms with Crippen molar-refractivity contribution in [2.75, 3.05) is 33.4 Å². The van der Waals surface area contributed by atoms with Gasteiger partial charge >= 0.3 is 0 Å². The molecule has 0 aliphatic carbocycles. The van der Waals surface area contributed by atoms with Crippen molar-refractivity contribution in [1.82, 2.24) is 10.6 Å². The molecule has 1 unspecified atom stereocenters. The topological polar surface area (TPSA) is 70.6 Å². The first-order valence-electron chi connectivity index (χ1n) is 5.74. The minimum Gasteiger partial charge on any atom is -0.389 e. The Bertz CT molecular complexity index is 227. The van der Waals surface area contributed by atoms with Crippen LogP contribution in [0.5, 0.6) is 0 Å². The lowest BCUT2D eigenvalue weighted by Crippen LogP contribution is -2.47. The maximum Gasteiger partial charge on any atom is 0.226 e. The second-order valence-corrected chi connectivity index (χ2v) is 4.63. The summed E-state index contributed by atoms with van der Waals surface area (Å²) in [6.07, 6.45) is 1.07. The molecule has 1 aliphatic heterocycles. The molecular weight excluding hydrogens is 208 g/mol. The van der Waals surface area contributed by atoms with Crippen LogP contribution in [0.3, 0.4) is 0 Å². The molecule has 1 amide bonds. The van der Waals surface area contributed by atoms with Gasteiger partial charge in [0.25, 0.3) is 0 Å². The van der Waals surface area contributed by atoms with E-state index in [-0.39, 0.29) is 24.5 Å². The van der Waals surface area contributed by atoms with Gasteiger partial charge in [0.1, 0.15) is 0 Å². The van der Waals surface area contributed by atoms with E-state index in [2.05, 4.69) is 10.6 Å². The number of nitrogens with one attached hydrogen (secondary N) is 2. The molecule has 0 saturated carbocycles. The molecule has 1 atom stereocenters. The summed E-state index contributed by atoms with van der Waals surface area (Å²) in [7, 11) is 1.53. The Morgan fingerprint density at radius 3 is 2.75 bits per heavy atom. The van der Waals surface area contributed by atoms with Gasteiger partial charge in [0.05, 0.1) is 12.7 Å². The molecule has 0 aromatic rings. The average molecular weight is 230 g/mol. The van der Waals surface area contributed by atoms with E-state index in [1.165, 1.54) is 7.11 Å². The molecule has 0 aromatic heterocycles. The number of carbonyl (C=O) groups is 1. The number of piperidine rings is 1. The van der Waals surface area contributed by atoms with E-state index in [0.717, 1.165) is 25.9 Å². The Labute approximate surface area is 96.6 Å². The zero-order valence-corrected chi connectivity index (χ0v) is 10.1. The first kappa shape index (κ1) is 13.4. The fraction of sp³-hybridized carbons (Fsp3) is 0.909. The van der Waals surface area contributed by atoms with Crippen molar-refractivity contribution in [3.63, 3.8) is 0 Å². The average Bonchev–Trinajstić information content (AvgIpc) is 2.27. The van der Waals surface area contributed by atoms with Crippen molar-refractivity contribution in [3.05, 3.63) is 0 Å². The van der Waals surface area contributed by atoms with Crippen LogP contribution in [0.4, 0.5) is 0 Å². The third-order valence-electron chi connectivity index (χ3n) is 3.11. The predicted octanol–water partition coefficient (Wildman–Crippen LogP) is -0.500. The van der Waals surface area contributed by atoms with E-state index in [0.29, 0.717) is 0 Å². The van der Waals surface area contributed by atoms with Gasteiger partial charge in [-0.05, 0) is 25.9 Å². The fourth-order valence-electron chi connectivity index (χ4n) is 1.88. The highest BCUT2D eigenvalue weighted by Crippen LogP contribution is 2.27. The lowest BCUT2D eigenvalue weighted by molar-refractivity contribution is -0.132. The molecule has 0 bridgehead atoms. The van der Waals surface area contributed by atoms with Crippen LogP contribution in [0.15, 0.2) is 0 Å². The zero-order valence-electron chi connectivity index (χ0n) is 10.1. The maximum atomic E-state index is 11.9. The van der Waals surface area contributed by atoms with Gasteiger partial charge in [0, 0.05) is 19.1 Å². The Morgan fingerprint density at radius 2 is 2.19 bits per heavy atom. The van der Waals surface area contributed by atoms with Gasteiger partial charge in [0.2, 0.25) is 5.91 Å². The Hall–Kier alpha value is -0.650. The number of carbonyl (C=O) groups excluding carboxylic acids is 1. The number of aliphatic hydroxyl groups excluding tert-OH is 1. The van der Waals surface area contributed by atoms with E-state index >= 15 is 0 Å². The molecule has 5 nitrogen and oxygen atoms in total. The lowest BCUT2D eigenvalue weighted by atomic mass is 9.80. The Kier molecular flexibility index (Phi) is 5.18. The molecule has 0 spiro atoms. The van der Waals surface area contributed by atoms with Crippen molar-refractivity contribution in [2.24, 2.45) is 5.41 Å². The van der Waals surface area contributed by atoms with Gasteiger partial charge in [-0.3, -0.25) is 4.79 Å². The predicted molar refractivity (Wildman–Crippen MR) is 61.1 cm³/mol. The van der Waals surface area contributed by atoms with E-state index in [9.17, 15) is 9.90 Å². The second kappa shape index (κ2) is 6.18. The van der Waals surface area contributed by atoms with E-state index in [1.54, 1.807) is 0 Å². The van der Waals surface area contributed by atoms with E-state index in [1.807, 2.05) is 6.92 Å². The smallest absolute Gasteiger partial charge is 0.226 e. The molecule has 1 rings (SSSR count). The number of hydrogen-bond acceptors (Lipinski definition) is 4. The summed E-state index contributed by atoms with van der Waals surface area (Å²) in [4.78, 5) is 11.9. The zero-order chi connectivity index (χ0) is 12.0. The SMILES string of the molecule is COCC(O)CNC(=O)C1(C)CCNCC1. The summed E-state index contributed by atoms with van der Waals surface area (Å²) < 4.78 is 4.80. The molecule has 16 heavy (non-hydrogen) atoms. The summed E-state index contributed by atoms with van der Waals surface area (Å²) in [6, 6.07) is 0. The second-order valence-electron chi connectivity index (χ2n) is 4.63. The lowest BCUT2D eigenvalue weighted by Gasteiger charge is -2.32. The van der Waals surface area contributed by atoms with Crippen molar-refractivity contribution < 1.29 is 14.6 Å². The molecule has 1 fully saturated rings. The number of ether oxygens (including phenoxy) is 1. The number of aliphatic hydroxyl groups is 1. The number of amides is 1. The van der Waals surface area contributed by atoms with Crippen LogP contribution in [-0.2, 0) is 9.53 Å². The van der Waals surface area contributed by atoms with Gasteiger partial charge in [0.15, 0.2) is 0 Å². The number of methoxy groups -OCH3 is 1.